The van der Waals surface area contributed by atoms with E-state index in [1.165, 1.54) is 18.4 Å². The number of aromatic nitrogens is 2. The molecule has 0 saturated carbocycles. The highest BCUT2D eigenvalue weighted by atomic mass is 16.2. The second kappa shape index (κ2) is 10.00. The quantitative estimate of drug-likeness (QED) is 0.415. The Labute approximate surface area is 214 Å². The number of amides is 2. The van der Waals surface area contributed by atoms with Gasteiger partial charge in [-0.3, -0.25) is 9.59 Å². The number of carbonyl (C=O) groups is 2. The van der Waals surface area contributed by atoms with Gasteiger partial charge >= 0.3 is 0 Å². The van der Waals surface area contributed by atoms with E-state index in [9.17, 15) is 9.59 Å². The first-order valence-corrected chi connectivity index (χ1v) is 13.4. The summed E-state index contributed by atoms with van der Waals surface area (Å²) in [7, 11) is 0. The molecule has 1 atom stereocenters. The van der Waals surface area contributed by atoms with Gasteiger partial charge in [0.25, 0.3) is 5.91 Å². The molecule has 0 spiro atoms. The van der Waals surface area contributed by atoms with Gasteiger partial charge in [0, 0.05) is 30.9 Å². The molecule has 1 N–H and O–H groups in total. The Morgan fingerprint density at radius 1 is 1.11 bits per heavy atom. The standard InChI is InChI=1S/C30H38N4O2/c1-22(2)15-17-31-29(36)30(3)21-33-25-14-8-7-13-24(25)26(32-18-9-10-19-32)27(33)28(35)34(30)20-16-23-11-5-4-6-12-23/h7-11,13-14,18-19,22H,4-6,12,15-17,20-21H2,1-3H3,(H,31,36)/t30-/m1/s1. The van der Waals surface area contributed by atoms with Gasteiger partial charge in [-0.05, 0) is 69.6 Å². The maximum absolute atomic E-state index is 14.4. The van der Waals surface area contributed by atoms with Crippen molar-refractivity contribution in [3.63, 3.8) is 0 Å². The number of fused-ring (bicyclic) bond motifs is 3. The molecule has 2 aliphatic rings. The van der Waals surface area contributed by atoms with Crippen LogP contribution < -0.4 is 5.32 Å². The zero-order valence-electron chi connectivity index (χ0n) is 21.8. The summed E-state index contributed by atoms with van der Waals surface area (Å²) in [5, 5.41) is 4.18. The fourth-order valence-corrected chi connectivity index (χ4v) is 5.75. The highest BCUT2D eigenvalue weighted by Crippen LogP contribution is 2.38. The van der Waals surface area contributed by atoms with E-state index in [2.05, 4.69) is 41.9 Å². The number of hydrogen-bond donors (Lipinski definition) is 1. The lowest BCUT2D eigenvalue weighted by Crippen LogP contribution is -2.64. The maximum Gasteiger partial charge on any atom is 0.273 e. The van der Waals surface area contributed by atoms with E-state index in [1.54, 1.807) is 0 Å². The molecule has 2 aromatic heterocycles. The Hall–Kier alpha value is -3.28. The number of nitrogens with zero attached hydrogens (tertiary/aromatic N) is 3. The van der Waals surface area contributed by atoms with Crippen LogP contribution in [0.25, 0.3) is 16.6 Å². The lowest BCUT2D eigenvalue weighted by Gasteiger charge is -2.44. The van der Waals surface area contributed by atoms with Crippen molar-refractivity contribution >= 4 is 22.7 Å². The molecular formula is C30H38N4O2. The molecule has 190 valence electrons. The summed E-state index contributed by atoms with van der Waals surface area (Å²) in [6, 6.07) is 12.1. The summed E-state index contributed by atoms with van der Waals surface area (Å²) in [5.74, 6) is 0.365. The Morgan fingerprint density at radius 3 is 2.61 bits per heavy atom. The molecule has 1 aliphatic heterocycles. The molecule has 6 heteroatoms. The van der Waals surface area contributed by atoms with Crippen molar-refractivity contribution in [3.8, 4) is 5.69 Å². The second-order valence-corrected chi connectivity index (χ2v) is 10.9. The molecular weight excluding hydrogens is 448 g/mol. The molecule has 0 fully saturated rings. The average Bonchev–Trinajstić information content (AvgIpc) is 3.50. The zero-order valence-corrected chi connectivity index (χ0v) is 21.8. The number of rotatable bonds is 8. The molecule has 0 bridgehead atoms. The minimum absolute atomic E-state index is 0.0694. The predicted molar refractivity (Wildman–Crippen MR) is 144 cm³/mol. The number of hydrogen-bond acceptors (Lipinski definition) is 2. The van der Waals surface area contributed by atoms with Crippen LogP contribution in [0.2, 0.25) is 0 Å². The second-order valence-electron chi connectivity index (χ2n) is 10.9. The van der Waals surface area contributed by atoms with E-state index < -0.39 is 5.54 Å². The molecule has 0 unspecified atom stereocenters. The fraction of sp³-hybridized carbons (Fsp3) is 0.467. The van der Waals surface area contributed by atoms with Crippen LogP contribution in [0.1, 0.15) is 69.8 Å². The molecule has 0 saturated heterocycles. The van der Waals surface area contributed by atoms with E-state index in [0.29, 0.717) is 31.2 Å². The Morgan fingerprint density at radius 2 is 1.89 bits per heavy atom. The third kappa shape index (κ3) is 4.38. The summed E-state index contributed by atoms with van der Waals surface area (Å²) in [6.07, 6.45) is 12.7. The highest BCUT2D eigenvalue weighted by molar-refractivity contribution is 6.08. The lowest BCUT2D eigenvalue weighted by molar-refractivity contribution is -0.132. The molecule has 0 radical (unpaired) electrons. The summed E-state index contributed by atoms with van der Waals surface area (Å²) < 4.78 is 4.10. The molecule has 2 amide bonds. The van der Waals surface area contributed by atoms with E-state index in [1.807, 2.05) is 53.0 Å². The van der Waals surface area contributed by atoms with Gasteiger partial charge in [0.05, 0.1) is 17.7 Å². The van der Waals surface area contributed by atoms with Crippen molar-refractivity contribution in [2.45, 2.75) is 71.4 Å². The Balaban J connectivity index is 1.58. The number of para-hydroxylation sites is 1. The SMILES string of the molecule is CC(C)CCNC(=O)[C@@]1(C)Cn2c(c(-n3cccc3)c3ccccc32)C(=O)N1CCC1=CCCCC1. The highest BCUT2D eigenvalue weighted by Gasteiger charge is 2.48. The van der Waals surface area contributed by atoms with Crippen LogP contribution in [0.3, 0.4) is 0 Å². The van der Waals surface area contributed by atoms with Gasteiger partial charge < -0.3 is 19.4 Å². The monoisotopic (exact) mass is 486 g/mol. The average molecular weight is 487 g/mol. The molecule has 5 rings (SSSR count). The molecule has 1 aromatic carbocycles. The fourth-order valence-electron chi connectivity index (χ4n) is 5.75. The van der Waals surface area contributed by atoms with Crippen molar-refractivity contribution in [2.24, 2.45) is 5.92 Å². The molecule has 36 heavy (non-hydrogen) atoms. The zero-order chi connectivity index (χ0) is 25.3. The number of nitrogens with one attached hydrogen (secondary N) is 1. The van der Waals surface area contributed by atoms with Gasteiger partial charge in [0.2, 0.25) is 5.91 Å². The summed E-state index contributed by atoms with van der Waals surface area (Å²) in [6.45, 7) is 7.85. The van der Waals surface area contributed by atoms with E-state index in [0.717, 1.165) is 42.3 Å². The van der Waals surface area contributed by atoms with Gasteiger partial charge in [-0.2, -0.15) is 0 Å². The van der Waals surface area contributed by atoms with Gasteiger partial charge in [0.15, 0.2) is 0 Å². The lowest BCUT2D eigenvalue weighted by atomic mass is 9.92. The smallest absolute Gasteiger partial charge is 0.273 e. The third-order valence-electron chi connectivity index (χ3n) is 7.85. The molecule has 6 nitrogen and oxygen atoms in total. The normalized spacial score (nSPS) is 20.1. The minimum Gasteiger partial charge on any atom is -0.354 e. The Bertz CT molecular complexity index is 1280. The minimum atomic E-state index is -0.966. The van der Waals surface area contributed by atoms with Crippen LogP contribution in [-0.4, -0.2) is 44.5 Å². The van der Waals surface area contributed by atoms with E-state index >= 15 is 0 Å². The first-order valence-electron chi connectivity index (χ1n) is 13.4. The van der Waals surface area contributed by atoms with Crippen LogP contribution in [0.4, 0.5) is 0 Å². The van der Waals surface area contributed by atoms with Gasteiger partial charge in [-0.1, -0.05) is 43.7 Å². The first-order chi connectivity index (χ1) is 17.4. The molecule has 3 aromatic rings. The van der Waals surface area contributed by atoms with E-state index in [-0.39, 0.29) is 11.8 Å². The van der Waals surface area contributed by atoms with E-state index in [4.69, 9.17) is 0 Å². The van der Waals surface area contributed by atoms with Crippen molar-refractivity contribution in [1.29, 1.82) is 0 Å². The van der Waals surface area contributed by atoms with Crippen LogP contribution in [0, 0.1) is 5.92 Å². The molecule has 3 heterocycles. The largest absolute Gasteiger partial charge is 0.354 e. The first kappa shape index (κ1) is 24.4. The molecule has 1 aliphatic carbocycles. The number of carbonyl (C=O) groups excluding carboxylic acids is 2. The van der Waals surface area contributed by atoms with Crippen LogP contribution in [0.15, 0.2) is 60.4 Å². The summed E-state index contributed by atoms with van der Waals surface area (Å²) in [5.41, 5.74) is 2.99. The van der Waals surface area contributed by atoms with Gasteiger partial charge in [-0.15, -0.1) is 0 Å². The Kier molecular flexibility index (Phi) is 6.78. The van der Waals surface area contributed by atoms with Gasteiger partial charge in [-0.25, -0.2) is 0 Å². The van der Waals surface area contributed by atoms with Crippen LogP contribution >= 0.6 is 0 Å². The third-order valence-corrected chi connectivity index (χ3v) is 7.85. The van der Waals surface area contributed by atoms with Crippen molar-refractivity contribution in [1.82, 2.24) is 19.4 Å². The summed E-state index contributed by atoms with van der Waals surface area (Å²) in [4.78, 5) is 30.0. The predicted octanol–water partition coefficient (Wildman–Crippen LogP) is 5.70. The van der Waals surface area contributed by atoms with Crippen LogP contribution in [-0.2, 0) is 11.3 Å². The maximum atomic E-state index is 14.4. The number of benzene rings is 1. The topological polar surface area (TPSA) is 59.3 Å². The van der Waals surface area contributed by atoms with Gasteiger partial charge in [0.1, 0.15) is 11.2 Å². The van der Waals surface area contributed by atoms with Crippen molar-refractivity contribution in [2.75, 3.05) is 13.1 Å². The van der Waals surface area contributed by atoms with Crippen molar-refractivity contribution < 1.29 is 9.59 Å². The van der Waals surface area contributed by atoms with Crippen LogP contribution in [0.5, 0.6) is 0 Å². The summed E-state index contributed by atoms with van der Waals surface area (Å²) >= 11 is 0. The van der Waals surface area contributed by atoms with Crippen molar-refractivity contribution in [3.05, 3.63) is 66.1 Å². The number of allylic oxidation sites excluding steroid dienone is 1.